The molecule has 1 aromatic carbocycles. The lowest BCUT2D eigenvalue weighted by molar-refractivity contribution is 0.0999. The van der Waals surface area contributed by atoms with E-state index < -0.39 is 0 Å². The van der Waals surface area contributed by atoms with Crippen LogP contribution in [-0.2, 0) is 11.3 Å². The van der Waals surface area contributed by atoms with Crippen molar-refractivity contribution in [3.8, 4) is 11.4 Å². The van der Waals surface area contributed by atoms with Crippen LogP contribution in [0, 0.1) is 0 Å². The number of nitrogens with zero attached hydrogens (tertiary/aromatic N) is 3. The highest BCUT2D eigenvalue weighted by molar-refractivity contribution is 7.99. The standard InChI is InChI=1S/C18H19N3O2S/c1-2-5-14(6-3-1)17-19-20-18(24-16-8-11-22-12-9-16)21(17)13-15-7-4-10-23-15/h1-7,10,16H,8-9,11-13H2. The summed E-state index contributed by atoms with van der Waals surface area (Å²) in [5.74, 6) is 1.78. The first-order valence-electron chi connectivity index (χ1n) is 8.15. The summed E-state index contributed by atoms with van der Waals surface area (Å²) in [5.41, 5.74) is 1.07. The van der Waals surface area contributed by atoms with Crippen molar-refractivity contribution in [2.75, 3.05) is 13.2 Å². The molecular weight excluding hydrogens is 322 g/mol. The highest BCUT2D eigenvalue weighted by atomic mass is 32.2. The zero-order chi connectivity index (χ0) is 16.2. The number of thioether (sulfide) groups is 1. The molecule has 124 valence electrons. The molecule has 6 heteroatoms. The van der Waals surface area contributed by atoms with Gasteiger partial charge in [-0.05, 0) is 25.0 Å². The van der Waals surface area contributed by atoms with Crippen LogP contribution in [0.25, 0.3) is 11.4 Å². The zero-order valence-corrected chi connectivity index (χ0v) is 14.1. The topological polar surface area (TPSA) is 53.1 Å². The number of benzene rings is 1. The van der Waals surface area contributed by atoms with E-state index in [4.69, 9.17) is 9.15 Å². The van der Waals surface area contributed by atoms with Crippen molar-refractivity contribution in [3.05, 3.63) is 54.5 Å². The molecule has 0 unspecified atom stereocenters. The van der Waals surface area contributed by atoms with Gasteiger partial charge in [0.1, 0.15) is 5.76 Å². The number of rotatable bonds is 5. The lowest BCUT2D eigenvalue weighted by atomic mass is 10.2. The molecule has 24 heavy (non-hydrogen) atoms. The van der Waals surface area contributed by atoms with Crippen LogP contribution in [0.4, 0.5) is 0 Å². The minimum Gasteiger partial charge on any atom is -0.467 e. The van der Waals surface area contributed by atoms with Gasteiger partial charge in [-0.25, -0.2) is 0 Å². The van der Waals surface area contributed by atoms with Gasteiger partial charge in [0.2, 0.25) is 0 Å². The Balaban J connectivity index is 1.66. The van der Waals surface area contributed by atoms with Crippen molar-refractivity contribution in [3.63, 3.8) is 0 Å². The van der Waals surface area contributed by atoms with Crippen LogP contribution in [0.15, 0.2) is 58.3 Å². The smallest absolute Gasteiger partial charge is 0.192 e. The molecule has 1 aliphatic heterocycles. The number of hydrogen-bond donors (Lipinski definition) is 0. The van der Waals surface area contributed by atoms with Gasteiger partial charge in [0.15, 0.2) is 11.0 Å². The summed E-state index contributed by atoms with van der Waals surface area (Å²) in [7, 11) is 0. The van der Waals surface area contributed by atoms with Gasteiger partial charge in [0, 0.05) is 24.0 Å². The van der Waals surface area contributed by atoms with Crippen molar-refractivity contribution >= 4 is 11.8 Å². The average molecular weight is 341 g/mol. The summed E-state index contributed by atoms with van der Waals surface area (Å²) in [6.45, 7) is 2.29. The fourth-order valence-electron chi connectivity index (χ4n) is 2.82. The van der Waals surface area contributed by atoms with E-state index in [0.717, 1.165) is 48.4 Å². The Hall–Kier alpha value is -2.05. The minimum absolute atomic E-state index is 0.530. The van der Waals surface area contributed by atoms with Gasteiger partial charge in [-0.3, -0.25) is 4.57 Å². The second-order valence-electron chi connectivity index (χ2n) is 5.77. The van der Waals surface area contributed by atoms with E-state index in [2.05, 4.69) is 26.9 Å². The number of hydrogen-bond acceptors (Lipinski definition) is 5. The number of furan rings is 1. The first-order valence-corrected chi connectivity index (χ1v) is 9.03. The lowest BCUT2D eigenvalue weighted by Crippen LogP contribution is -2.18. The molecule has 0 spiro atoms. The first kappa shape index (κ1) is 15.5. The Morgan fingerprint density at radius 2 is 1.88 bits per heavy atom. The van der Waals surface area contributed by atoms with E-state index in [-0.39, 0.29) is 0 Å². The summed E-state index contributed by atoms with van der Waals surface area (Å²) in [6, 6.07) is 14.1. The van der Waals surface area contributed by atoms with Crippen LogP contribution in [0.3, 0.4) is 0 Å². The van der Waals surface area contributed by atoms with Gasteiger partial charge >= 0.3 is 0 Å². The Morgan fingerprint density at radius 3 is 2.62 bits per heavy atom. The molecule has 1 saturated heterocycles. The molecule has 0 bridgehead atoms. The molecule has 0 atom stereocenters. The largest absolute Gasteiger partial charge is 0.467 e. The van der Waals surface area contributed by atoms with Crippen molar-refractivity contribution < 1.29 is 9.15 Å². The summed E-state index contributed by atoms with van der Waals surface area (Å²) >= 11 is 1.80. The van der Waals surface area contributed by atoms with E-state index in [9.17, 15) is 0 Å². The van der Waals surface area contributed by atoms with Crippen molar-refractivity contribution in [1.29, 1.82) is 0 Å². The fraction of sp³-hybridized carbons (Fsp3) is 0.333. The predicted molar refractivity (Wildman–Crippen MR) is 93.0 cm³/mol. The second kappa shape index (κ2) is 7.23. The van der Waals surface area contributed by atoms with Crippen molar-refractivity contribution in [1.82, 2.24) is 14.8 Å². The Morgan fingerprint density at radius 1 is 1.04 bits per heavy atom. The third kappa shape index (κ3) is 3.39. The average Bonchev–Trinajstić information content (AvgIpc) is 3.28. The molecule has 0 radical (unpaired) electrons. The van der Waals surface area contributed by atoms with Gasteiger partial charge in [0.25, 0.3) is 0 Å². The Bertz CT molecular complexity index is 765. The number of aromatic nitrogens is 3. The fourth-order valence-corrected chi connectivity index (χ4v) is 3.91. The predicted octanol–water partition coefficient (Wildman–Crippen LogP) is 3.86. The summed E-state index contributed by atoms with van der Waals surface area (Å²) in [4.78, 5) is 0. The maximum absolute atomic E-state index is 5.54. The van der Waals surface area contributed by atoms with Crippen molar-refractivity contribution in [2.24, 2.45) is 0 Å². The molecule has 1 fully saturated rings. The maximum Gasteiger partial charge on any atom is 0.192 e. The molecule has 0 N–H and O–H groups in total. The molecule has 0 aliphatic carbocycles. The third-order valence-corrected chi connectivity index (χ3v) is 5.40. The quantitative estimate of drug-likeness (QED) is 0.705. The van der Waals surface area contributed by atoms with Gasteiger partial charge in [-0.2, -0.15) is 0 Å². The lowest BCUT2D eigenvalue weighted by Gasteiger charge is -2.21. The number of ether oxygens (including phenoxy) is 1. The van der Waals surface area contributed by atoms with Crippen LogP contribution in [0.5, 0.6) is 0 Å². The molecule has 4 rings (SSSR count). The van der Waals surface area contributed by atoms with Gasteiger partial charge in [-0.15, -0.1) is 10.2 Å². The molecule has 2 aromatic heterocycles. The summed E-state index contributed by atoms with van der Waals surface area (Å²) < 4.78 is 13.1. The highest BCUT2D eigenvalue weighted by Gasteiger charge is 2.21. The molecular formula is C18H19N3O2S. The van der Waals surface area contributed by atoms with Crippen LogP contribution < -0.4 is 0 Å². The monoisotopic (exact) mass is 341 g/mol. The summed E-state index contributed by atoms with van der Waals surface area (Å²) in [5, 5.41) is 10.4. The van der Waals surface area contributed by atoms with E-state index in [1.165, 1.54) is 0 Å². The SMILES string of the molecule is c1ccc(-c2nnc(SC3CCOCC3)n2Cc2ccco2)cc1. The van der Waals surface area contributed by atoms with Crippen LogP contribution in [0.1, 0.15) is 18.6 Å². The second-order valence-corrected chi connectivity index (χ2v) is 7.03. The highest BCUT2D eigenvalue weighted by Crippen LogP contribution is 2.31. The molecule has 5 nitrogen and oxygen atoms in total. The van der Waals surface area contributed by atoms with Gasteiger partial charge in [0.05, 0.1) is 12.8 Å². The molecule has 3 heterocycles. The van der Waals surface area contributed by atoms with Gasteiger partial charge in [-0.1, -0.05) is 42.1 Å². The Kier molecular flexibility index (Phi) is 4.66. The van der Waals surface area contributed by atoms with Crippen LogP contribution >= 0.6 is 11.8 Å². The van der Waals surface area contributed by atoms with E-state index in [1.54, 1.807) is 18.0 Å². The van der Waals surface area contributed by atoms with E-state index in [0.29, 0.717) is 11.8 Å². The van der Waals surface area contributed by atoms with Crippen LogP contribution in [-0.4, -0.2) is 33.2 Å². The molecule has 1 aliphatic rings. The molecule has 0 amide bonds. The minimum atomic E-state index is 0.530. The summed E-state index contributed by atoms with van der Waals surface area (Å²) in [6.07, 6.45) is 3.81. The van der Waals surface area contributed by atoms with E-state index in [1.807, 2.05) is 30.3 Å². The van der Waals surface area contributed by atoms with Crippen LogP contribution in [0.2, 0.25) is 0 Å². The van der Waals surface area contributed by atoms with E-state index >= 15 is 0 Å². The van der Waals surface area contributed by atoms with Gasteiger partial charge < -0.3 is 9.15 Å². The third-order valence-electron chi connectivity index (χ3n) is 4.08. The maximum atomic E-state index is 5.54. The first-order chi connectivity index (χ1) is 11.9. The van der Waals surface area contributed by atoms with Crippen molar-refractivity contribution in [2.45, 2.75) is 29.8 Å². The Labute approximate surface area is 145 Å². The zero-order valence-electron chi connectivity index (χ0n) is 13.3. The normalized spacial score (nSPS) is 15.7. The molecule has 0 saturated carbocycles. The molecule has 3 aromatic rings.